The monoisotopic (exact) mass is 262 g/mol. The van der Waals surface area contributed by atoms with Crippen LogP contribution in [0.3, 0.4) is 0 Å². The summed E-state index contributed by atoms with van der Waals surface area (Å²) in [5.74, 6) is 0.954. The molecule has 1 atom stereocenters. The van der Waals surface area contributed by atoms with Crippen LogP contribution in [0, 0.1) is 0 Å². The molecule has 1 N–H and O–H groups in total. The molecule has 0 spiro atoms. The van der Waals surface area contributed by atoms with Crippen LogP contribution in [0.25, 0.3) is 0 Å². The maximum atomic E-state index is 5.29. The number of hydrogen-bond donors (Lipinski definition) is 1. The van der Waals surface area contributed by atoms with Gasteiger partial charge >= 0.3 is 0 Å². The summed E-state index contributed by atoms with van der Waals surface area (Å²) >= 11 is 0. The van der Waals surface area contributed by atoms with Gasteiger partial charge in [-0.2, -0.15) is 0 Å². The maximum Gasteiger partial charge on any atom is 0.119 e. The molecule has 1 fully saturated rings. The molecule has 2 rings (SSSR count). The first kappa shape index (κ1) is 14.4. The number of likely N-dealkylation sites (tertiary alicyclic amines) is 1. The van der Waals surface area contributed by atoms with Crippen LogP contribution >= 0.6 is 0 Å². The Balaban J connectivity index is 1.87. The first-order chi connectivity index (χ1) is 9.31. The fraction of sp³-hybridized carbons (Fsp3) is 0.625. The Hall–Kier alpha value is -1.06. The van der Waals surface area contributed by atoms with E-state index in [9.17, 15) is 0 Å². The highest BCUT2D eigenvalue weighted by Gasteiger charge is 2.19. The number of nitrogens with one attached hydrogen (secondary N) is 1. The predicted molar refractivity (Wildman–Crippen MR) is 79.6 cm³/mol. The van der Waals surface area contributed by atoms with Crippen molar-refractivity contribution in [2.24, 2.45) is 0 Å². The van der Waals surface area contributed by atoms with Gasteiger partial charge in [0, 0.05) is 19.1 Å². The molecular weight excluding hydrogens is 236 g/mol. The average Bonchev–Trinajstić information content (AvgIpc) is 2.46. The van der Waals surface area contributed by atoms with Gasteiger partial charge in [-0.3, -0.25) is 4.90 Å². The number of rotatable bonds is 6. The molecule has 1 aromatic carbocycles. The summed E-state index contributed by atoms with van der Waals surface area (Å²) in [6.45, 7) is 6.77. The van der Waals surface area contributed by atoms with Gasteiger partial charge in [0.2, 0.25) is 0 Å². The summed E-state index contributed by atoms with van der Waals surface area (Å²) in [5, 5.41) is 3.64. The molecule has 1 saturated heterocycles. The van der Waals surface area contributed by atoms with Gasteiger partial charge in [0.15, 0.2) is 0 Å². The SMILES string of the molecule is CCCNC1CCCN(Cc2cccc(OC)c2)C1. The Morgan fingerprint density at radius 3 is 3.11 bits per heavy atom. The lowest BCUT2D eigenvalue weighted by atomic mass is 10.0. The van der Waals surface area contributed by atoms with Gasteiger partial charge in [-0.15, -0.1) is 0 Å². The van der Waals surface area contributed by atoms with Crippen LogP contribution in [0.15, 0.2) is 24.3 Å². The number of hydrogen-bond acceptors (Lipinski definition) is 3. The summed E-state index contributed by atoms with van der Waals surface area (Å²) in [5.41, 5.74) is 1.34. The maximum absolute atomic E-state index is 5.29. The third kappa shape index (κ3) is 4.51. The molecule has 0 bridgehead atoms. The predicted octanol–water partition coefficient (Wildman–Crippen LogP) is 2.66. The normalized spacial score (nSPS) is 20.4. The van der Waals surface area contributed by atoms with Gasteiger partial charge in [-0.1, -0.05) is 19.1 Å². The highest BCUT2D eigenvalue weighted by molar-refractivity contribution is 5.28. The molecule has 3 heteroatoms. The van der Waals surface area contributed by atoms with Crippen molar-refractivity contribution >= 4 is 0 Å². The van der Waals surface area contributed by atoms with Crippen molar-refractivity contribution in [1.29, 1.82) is 0 Å². The molecule has 3 nitrogen and oxygen atoms in total. The van der Waals surface area contributed by atoms with Gasteiger partial charge in [0.1, 0.15) is 5.75 Å². The van der Waals surface area contributed by atoms with Crippen LogP contribution in [-0.4, -0.2) is 37.7 Å². The van der Waals surface area contributed by atoms with Crippen LogP contribution in [0.1, 0.15) is 31.7 Å². The lowest BCUT2D eigenvalue weighted by Crippen LogP contribution is -2.45. The molecule has 0 saturated carbocycles. The van der Waals surface area contributed by atoms with Crippen LogP contribution in [0.2, 0.25) is 0 Å². The molecule has 1 aliphatic heterocycles. The molecule has 0 amide bonds. The zero-order valence-electron chi connectivity index (χ0n) is 12.2. The fourth-order valence-corrected chi connectivity index (χ4v) is 2.74. The van der Waals surface area contributed by atoms with E-state index in [0.717, 1.165) is 25.4 Å². The van der Waals surface area contributed by atoms with Gasteiger partial charge in [-0.25, -0.2) is 0 Å². The first-order valence-corrected chi connectivity index (χ1v) is 7.40. The van der Waals surface area contributed by atoms with E-state index in [1.807, 2.05) is 6.07 Å². The number of benzene rings is 1. The summed E-state index contributed by atoms with van der Waals surface area (Å²) in [4.78, 5) is 2.55. The lowest BCUT2D eigenvalue weighted by Gasteiger charge is -2.33. The Bertz CT molecular complexity index is 381. The number of piperidine rings is 1. The van der Waals surface area contributed by atoms with E-state index in [0.29, 0.717) is 6.04 Å². The highest BCUT2D eigenvalue weighted by atomic mass is 16.5. The molecule has 1 aromatic rings. The summed E-state index contributed by atoms with van der Waals surface area (Å²) in [6.07, 6.45) is 3.83. The minimum Gasteiger partial charge on any atom is -0.497 e. The van der Waals surface area contributed by atoms with Crippen LogP contribution in [-0.2, 0) is 6.54 Å². The van der Waals surface area contributed by atoms with Crippen LogP contribution in [0.5, 0.6) is 5.75 Å². The quantitative estimate of drug-likeness (QED) is 0.853. The van der Waals surface area contributed by atoms with Crippen molar-refractivity contribution in [3.05, 3.63) is 29.8 Å². The van der Waals surface area contributed by atoms with Crippen molar-refractivity contribution in [3.63, 3.8) is 0 Å². The molecule has 19 heavy (non-hydrogen) atoms. The number of nitrogens with zero attached hydrogens (tertiary/aromatic N) is 1. The van der Waals surface area contributed by atoms with Crippen molar-refractivity contribution in [3.8, 4) is 5.75 Å². The molecule has 1 heterocycles. The standard InChI is InChI=1S/C16H26N2O/c1-3-9-17-15-7-5-10-18(13-15)12-14-6-4-8-16(11-14)19-2/h4,6,8,11,15,17H,3,5,7,9-10,12-13H2,1-2H3. The number of methoxy groups -OCH3 is 1. The molecule has 0 radical (unpaired) electrons. The largest absolute Gasteiger partial charge is 0.497 e. The van der Waals surface area contributed by atoms with Crippen molar-refractivity contribution in [1.82, 2.24) is 10.2 Å². The Morgan fingerprint density at radius 1 is 1.42 bits per heavy atom. The van der Waals surface area contributed by atoms with Gasteiger partial charge < -0.3 is 10.1 Å². The molecule has 0 aliphatic carbocycles. The second-order valence-corrected chi connectivity index (χ2v) is 5.38. The van der Waals surface area contributed by atoms with Gasteiger partial charge in [-0.05, 0) is 50.0 Å². The van der Waals surface area contributed by atoms with Crippen LogP contribution < -0.4 is 10.1 Å². The van der Waals surface area contributed by atoms with Crippen LogP contribution in [0.4, 0.5) is 0 Å². The second-order valence-electron chi connectivity index (χ2n) is 5.38. The van der Waals surface area contributed by atoms with E-state index >= 15 is 0 Å². The third-order valence-corrected chi connectivity index (χ3v) is 3.73. The van der Waals surface area contributed by atoms with E-state index < -0.39 is 0 Å². The smallest absolute Gasteiger partial charge is 0.119 e. The molecular formula is C16H26N2O. The second kappa shape index (κ2) is 7.51. The first-order valence-electron chi connectivity index (χ1n) is 7.40. The van der Waals surface area contributed by atoms with Gasteiger partial charge in [0.25, 0.3) is 0 Å². The van der Waals surface area contributed by atoms with Crippen molar-refractivity contribution < 1.29 is 4.74 Å². The minimum absolute atomic E-state index is 0.666. The Kier molecular flexibility index (Phi) is 5.67. The van der Waals surface area contributed by atoms with E-state index in [4.69, 9.17) is 4.74 Å². The highest BCUT2D eigenvalue weighted by Crippen LogP contribution is 2.17. The average molecular weight is 262 g/mol. The summed E-state index contributed by atoms with van der Waals surface area (Å²) in [6, 6.07) is 9.07. The zero-order valence-corrected chi connectivity index (χ0v) is 12.2. The van der Waals surface area contributed by atoms with Gasteiger partial charge in [0.05, 0.1) is 7.11 Å². The zero-order chi connectivity index (χ0) is 13.5. The lowest BCUT2D eigenvalue weighted by molar-refractivity contribution is 0.183. The van der Waals surface area contributed by atoms with E-state index in [-0.39, 0.29) is 0 Å². The van der Waals surface area contributed by atoms with Crippen molar-refractivity contribution in [2.45, 2.75) is 38.8 Å². The van der Waals surface area contributed by atoms with E-state index in [1.165, 1.54) is 31.4 Å². The third-order valence-electron chi connectivity index (χ3n) is 3.73. The number of ether oxygens (including phenoxy) is 1. The Labute approximate surface area is 116 Å². The van der Waals surface area contributed by atoms with Crippen molar-refractivity contribution in [2.75, 3.05) is 26.7 Å². The Morgan fingerprint density at radius 2 is 2.32 bits per heavy atom. The summed E-state index contributed by atoms with van der Waals surface area (Å²) in [7, 11) is 1.73. The van der Waals surface area contributed by atoms with E-state index in [1.54, 1.807) is 7.11 Å². The van der Waals surface area contributed by atoms with E-state index in [2.05, 4.69) is 35.3 Å². The molecule has 1 unspecified atom stereocenters. The summed E-state index contributed by atoms with van der Waals surface area (Å²) < 4.78 is 5.29. The molecule has 1 aliphatic rings. The molecule has 106 valence electrons. The fourth-order valence-electron chi connectivity index (χ4n) is 2.74. The minimum atomic E-state index is 0.666. The topological polar surface area (TPSA) is 24.5 Å². The molecule has 0 aromatic heterocycles.